The van der Waals surface area contributed by atoms with Gasteiger partial charge in [-0.05, 0) is 84.5 Å². The molecule has 4 nitrogen and oxygen atoms in total. The number of carbonyl (C=O) groups is 1. The number of fused-ring (bicyclic) bond motifs is 1. The lowest BCUT2D eigenvalue weighted by atomic mass is 9.81. The van der Waals surface area contributed by atoms with Crippen molar-refractivity contribution in [2.45, 2.75) is 31.7 Å². The van der Waals surface area contributed by atoms with Gasteiger partial charge < -0.3 is 14.5 Å². The molecule has 1 amide bonds. The van der Waals surface area contributed by atoms with Crippen molar-refractivity contribution in [1.29, 1.82) is 0 Å². The number of methoxy groups -OCH3 is 1. The van der Waals surface area contributed by atoms with Crippen molar-refractivity contribution < 1.29 is 9.53 Å². The molecule has 0 bridgehead atoms. The molecule has 3 aromatic rings. The number of halogens is 2. The van der Waals surface area contributed by atoms with Gasteiger partial charge in [0.15, 0.2) is 0 Å². The quantitative estimate of drug-likeness (QED) is 0.361. The summed E-state index contributed by atoms with van der Waals surface area (Å²) in [7, 11) is 5.73. The fourth-order valence-corrected chi connectivity index (χ4v) is 4.61. The van der Waals surface area contributed by atoms with Crippen molar-refractivity contribution in [2.24, 2.45) is 0 Å². The maximum atomic E-state index is 14.0. The summed E-state index contributed by atoms with van der Waals surface area (Å²) in [4.78, 5) is 18.0. The van der Waals surface area contributed by atoms with E-state index in [0.29, 0.717) is 6.54 Å². The van der Waals surface area contributed by atoms with Crippen molar-refractivity contribution in [3.05, 3.63) is 87.9 Å². The molecule has 1 aliphatic rings. The zero-order valence-electron chi connectivity index (χ0n) is 19.3. The summed E-state index contributed by atoms with van der Waals surface area (Å²) in [6.07, 6.45) is 2.88. The summed E-state index contributed by atoms with van der Waals surface area (Å²) in [6, 6.07) is 22.5. The molecule has 0 aromatic heterocycles. The lowest BCUT2D eigenvalue weighted by Crippen LogP contribution is -2.36. The number of benzene rings is 3. The maximum Gasteiger partial charge on any atom is 0.234 e. The zero-order valence-corrected chi connectivity index (χ0v) is 21.7. The van der Waals surface area contributed by atoms with E-state index < -0.39 is 0 Å². The summed E-state index contributed by atoms with van der Waals surface area (Å²) in [5.41, 5.74) is 5.51. The Morgan fingerprint density at radius 2 is 1.67 bits per heavy atom. The molecule has 1 atom stereocenters. The van der Waals surface area contributed by atoms with Crippen LogP contribution in [0.2, 0.25) is 0 Å². The third-order valence-electron chi connectivity index (χ3n) is 6.16. The van der Waals surface area contributed by atoms with E-state index in [0.717, 1.165) is 52.0 Å². The van der Waals surface area contributed by atoms with Gasteiger partial charge in [-0.1, -0.05) is 34.1 Å². The number of anilines is 2. The minimum Gasteiger partial charge on any atom is -0.497 e. The van der Waals surface area contributed by atoms with E-state index in [1.807, 2.05) is 55.4 Å². The normalized spacial score (nSPS) is 14.6. The summed E-state index contributed by atoms with van der Waals surface area (Å²) in [5.74, 6) is 0.773. The Kier molecular flexibility index (Phi) is 8.44. The highest BCUT2D eigenvalue weighted by molar-refractivity contribution is 9.10. The Bertz CT molecular complexity index is 1080. The lowest BCUT2D eigenvalue weighted by molar-refractivity contribution is -0.120. The van der Waals surface area contributed by atoms with Crippen LogP contribution in [0.25, 0.3) is 0 Å². The number of amides is 1. The minimum absolute atomic E-state index is 0. The van der Waals surface area contributed by atoms with Gasteiger partial charge in [-0.25, -0.2) is 0 Å². The second-order valence-corrected chi connectivity index (χ2v) is 9.39. The number of nitrogens with zero attached hydrogens (tertiary/aromatic N) is 2. The highest BCUT2D eigenvalue weighted by Gasteiger charge is 2.31. The van der Waals surface area contributed by atoms with E-state index in [4.69, 9.17) is 4.74 Å². The topological polar surface area (TPSA) is 32.8 Å². The lowest BCUT2D eigenvalue weighted by Gasteiger charge is -2.31. The van der Waals surface area contributed by atoms with Crippen LogP contribution in [-0.2, 0) is 17.8 Å². The van der Waals surface area contributed by atoms with Crippen LogP contribution in [0.15, 0.2) is 71.2 Å². The van der Waals surface area contributed by atoms with Crippen LogP contribution in [0.3, 0.4) is 0 Å². The number of aryl methyl sites for hydroxylation is 1. The second-order valence-electron chi connectivity index (χ2n) is 8.47. The average Bonchev–Trinajstić information content (AvgIpc) is 2.82. The van der Waals surface area contributed by atoms with Crippen LogP contribution in [-0.4, -0.2) is 27.1 Å². The van der Waals surface area contributed by atoms with E-state index in [2.05, 4.69) is 51.2 Å². The van der Waals surface area contributed by atoms with Gasteiger partial charge in [-0.3, -0.25) is 4.79 Å². The number of ether oxygens (including phenoxy) is 1. The Balaban J connectivity index is 0.00000306. The Labute approximate surface area is 211 Å². The first-order chi connectivity index (χ1) is 15.5. The molecule has 0 aliphatic heterocycles. The van der Waals surface area contributed by atoms with Crippen molar-refractivity contribution in [1.82, 2.24) is 0 Å². The predicted octanol–water partition coefficient (Wildman–Crippen LogP) is 6.60. The fraction of sp³-hybridized carbons (Fsp3) is 0.296. The van der Waals surface area contributed by atoms with Gasteiger partial charge in [0.05, 0.1) is 19.6 Å². The Morgan fingerprint density at radius 1 is 1.00 bits per heavy atom. The molecule has 1 unspecified atom stereocenters. The third kappa shape index (κ3) is 5.71. The predicted molar refractivity (Wildman–Crippen MR) is 142 cm³/mol. The highest BCUT2D eigenvalue weighted by Crippen LogP contribution is 2.37. The average molecular weight is 530 g/mol. The van der Waals surface area contributed by atoms with Crippen LogP contribution in [0.4, 0.5) is 11.4 Å². The van der Waals surface area contributed by atoms with Crippen molar-refractivity contribution in [2.75, 3.05) is 31.0 Å². The summed E-state index contributed by atoms with van der Waals surface area (Å²) in [6.45, 7) is 0.532. The molecular formula is C27H30BrClN2O2. The van der Waals surface area contributed by atoms with E-state index >= 15 is 0 Å². The van der Waals surface area contributed by atoms with E-state index in [1.54, 1.807) is 7.11 Å². The molecule has 33 heavy (non-hydrogen) atoms. The van der Waals surface area contributed by atoms with E-state index in [-0.39, 0.29) is 24.2 Å². The molecule has 0 heterocycles. The van der Waals surface area contributed by atoms with Crippen LogP contribution < -0.4 is 14.5 Å². The van der Waals surface area contributed by atoms with Gasteiger partial charge in [-0.2, -0.15) is 0 Å². The molecule has 4 rings (SSSR count). The number of hydrogen-bond donors (Lipinski definition) is 0. The fourth-order valence-electron chi connectivity index (χ4n) is 4.35. The van der Waals surface area contributed by atoms with Gasteiger partial charge in [0.2, 0.25) is 5.91 Å². The monoisotopic (exact) mass is 528 g/mol. The van der Waals surface area contributed by atoms with Gasteiger partial charge >= 0.3 is 0 Å². The molecule has 0 N–H and O–H groups in total. The molecule has 6 heteroatoms. The molecule has 3 aromatic carbocycles. The first-order valence-electron chi connectivity index (χ1n) is 11.0. The van der Waals surface area contributed by atoms with E-state index in [9.17, 15) is 4.79 Å². The van der Waals surface area contributed by atoms with Gasteiger partial charge in [0.1, 0.15) is 5.75 Å². The molecule has 0 spiro atoms. The summed E-state index contributed by atoms with van der Waals surface area (Å²) in [5, 5.41) is 0. The first-order valence-corrected chi connectivity index (χ1v) is 11.8. The van der Waals surface area contributed by atoms with Gasteiger partial charge in [-0.15, -0.1) is 12.4 Å². The SMILES string of the molecule is COc1ccc2c(c1)C(C(=O)N(Cc1ccc(N(C)C)cc1)c1ccc(Br)cc1)CCC2.Cl. The maximum absolute atomic E-state index is 14.0. The Hall–Kier alpha value is -2.50. The third-order valence-corrected chi connectivity index (χ3v) is 6.69. The van der Waals surface area contributed by atoms with Crippen LogP contribution in [0, 0.1) is 0 Å². The smallest absolute Gasteiger partial charge is 0.234 e. The number of rotatable bonds is 6. The molecular weight excluding hydrogens is 500 g/mol. The van der Waals surface area contributed by atoms with Gasteiger partial charge in [0.25, 0.3) is 0 Å². The molecule has 0 radical (unpaired) electrons. The molecule has 0 saturated carbocycles. The molecule has 0 saturated heterocycles. The van der Waals surface area contributed by atoms with Crippen LogP contribution in [0.1, 0.15) is 35.4 Å². The van der Waals surface area contributed by atoms with Crippen LogP contribution >= 0.6 is 28.3 Å². The largest absolute Gasteiger partial charge is 0.497 e. The van der Waals surface area contributed by atoms with Crippen LogP contribution in [0.5, 0.6) is 5.75 Å². The highest BCUT2D eigenvalue weighted by atomic mass is 79.9. The zero-order chi connectivity index (χ0) is 22.7. The molecule has 174 valence electrons. The Morgan fingerprint density at radius 3 is 2.30 bits per heavy atom. The van der Waals surface area contributed by atoms with Crippen molar-refractivity contribution in [3.8, 4) is 5.75 Å². The standard InChI is InChI=1S/C27H29BrN2O2.ClH/c1-29(2)22-12-7-19(8-13-22)18-30(23-14-10-21(28)11-15-23)27(31)25-6-4-5-20-9-16-24(32-3)17-26(20)25;/h7-17,25H,4-6,18H2,1-3H3;1H. The number of carbonyl (C=O) groups excluding carboxylic acids is 1. The van der Waals surface area contributed by atoms with E-state index in [1.165, 1.54) is 5.56 Å². The van der Waals surface area contributed by atoms with Gasteiger partial charge in [0, 0.05) is 29.9 Å². The summed E-state index contributed by atoms with van der Waals surface area (Å²) >= 11 is 3.51. The molecule has 1 aliphatic carbocycles. The minimum atomic E-state index is -0.168. The number of hydrogen-bond acceptors (Lipinski definition) is 3. The first kappa shape index (κ1) is 25.1. The summed E-state index contributed by atoms with van der Waals surface area (Å²) < 4.78 is 6.46. The van der Waals surface area contributed by atoms with Crippen molar-refractivity contribution in [3.63, 3.8) is 0 Å². The van der Waals surface area contributed by atoms with Crippen molar-refractivity contribution >= 4 is 45.6 Å². The molecule has 0 fully saturated rings. The second kappa shape index (κ2) is 11.1.